The number of hydrogen-bond acceptors (Lipinski definition) is 4. The number of hydrogen-bond donors (Lipinski definition) is 2. The Morgan fingerprint density at radius 2 is 2.15 bits per heavy atom. The summed E-state index contributed by atoms with van der Waals surface area (Å²) in [5.41, 5.74) is -2.95. The van der Waals surface area contributed by atoms with Crippen LogP contribution in [-0.4, -0.2) is 35.4 Å². The molecule has 7 heteroatoms. The Morgan fingerprint density at radius 1 is 1.62 bits per heavy atom. The molecular formula is C6H7F3NO3-. The number of nitrogens with one attached hydrogen (secondary N) is 1. The summed E-state index contributed by atoms with van der Waals surface area (Å²) in [4.78, 5) is 10.2. The van der Waals surface area contributed by atoms with Crippen LogP contribution in [0.3, 0.4) is 0 Å². The molecule has 0 aromatic carbocycles. The molecule has 1 aliphatic rings. The van der Waals surface area contributed by atoms with Crippen molar-refractivity contribution in [3.05, 3.63) is 0 Å². The van der Waals surface area contributed by atoms with Crippen LogP contribution >= 0.6 is 0 Å². The molecule has 1 fully saturated rings. The summed E-state index contributed by atoms with van der Waals surface area (Å²) < 4.78 is 36.2. The molecule has 4 nitrogen and oxygen atoms in total. The average Bonchev–Trinajstić information content (AvgIpc) is 2.31. The lowest BCUT2D eigenvalue weighted by atomic mass is 10.00. The summed E-state index contributed by atoms with van der Waals surface area (Å²) in [5.74, 6) is -1.64. The molecule has 0 aromatic rings. The van der Waals surface area contributed by atoms with Gasteiger partial charge in [-0.05, 0) is 0 Å². The van der Waals surface area contributed by atoms with Crippen molar-refractivity contribution in [2.24, 2.45) is 0 Å². The smallest absolute Gasteiger partial charge is 0.418 e. The number of carbonyl (C=O) groups excluding carboxylic acids is 1. The molecule has 0 spiro atoms. The second-order valence-electron chi connectivity index (χ2n) is 2.99. The third-order valence-electron chi connectivity index (χ3n) is 1.99. The van der Waals surface area contributed by atoms with Crippen molar-refractivity contribution in [3.63, 3.8) is 0 Å². The van der Waals surface area contributed by atoms with E-state index in [1.807, 2.05) is 5.32 Å². The third-order valence-corrected chi connectivity index (χ3v) is 1.99. The maximum Gasteiger partial charge on any atom is 0.418 e. The van der Waals surface area contributed by atoms with Gasteiger partial charge in [0.1, 0.15) is 0 Å². The molecular weight excluding hydrogens is 191 g/mol. The fourth-order valence-electron chi connectivity index (χ4n) is 1.16. The monoisotopic (exact) mass is 198 g/mol. The van der Waals surface area contributed by atoms with E-state index in [4.69, 9.17) is 5.11 Å². The predicted molar refractivity (Wildman–Crippen MR) is 32.4 cm³/mol. The highest BCUT2D eigenvalue weighted by Crippen LogP contribution is 2.36. The van der Waals surface area contributed by atoms with E-state index in [-0.39, 0.29) is 0 Å². The predicted octanol–water partition coefficient (Wildman–Crippen LogP) is -1.61. The number of halogens is 3. The molecule has 2 atom stereocenters. The number of aliphatic carboxylic acids is 1. The normalized spacial score (nSPS) is 34.9. The molecule has 1 saturated heterocycles. The lowest BCUT2D eigenvalue weighted by molar-refractivity contribution is -0.309. The number of carbonyl (C=O) groups is 1. The second kappa shape index (κ2) is 2.85. The number of carboxylic acids is 1. The highest BCUT2D eigenvalue weighted by Gasteiger charge is 2.57. The first-order chi connectivity index (χ1) is 5.76. The Bertz CT molecular complexity index is 230. The topological polar surface area (TPSA) is 72.4 Å². The summed E-state index contributed by atoms with van der Waals surface area (Å²) in [6, 6.07) is -1.44. The van der Waals surface area contributed by atoms with Gasteiger partial charge in [-0.2, -0.15) is 13.2 Å². The Kier molecular flexibility index (Phi) is 2.25. The zero-order valence-corrected chi connectivity index (χ0v) is 6.39. The van der Waals surface area contributed by atoms with Gasteiger partial charge in [0.25, 0.3) is 0 Å². The number of β-amino-alcohol motifs (C(OH)–C–C–N with tert-alkyl or cyclic N) is 1. The van der Waals surface area contributed by atoms with Gasteiger partial charge >= 0.3 is 6.18 Å². The van der Waals surface area contributed by atoms with Crippen LogP contribution < -0.4 is 10.4 Å². The third kappa shape index (κ3) is 1.75. The van der Waals surface area contributed by atoms with Gasteiger partial charge in [0.15, 0.2) is 5.60 Å². The molecule has 0 saturated carbocycles. The van der Waals surface area contributed by atoms with E-state index in [0.717, 1.165) is 0 Å². The first-order valence-electron chi connectivity index (χ1n) is 3.50. The molecule has 1 rings (SSSR count). The largest absolute Gasteiger partial charge is 0.548 e. The van der Waals surface area contributed by atoms with Gasteiger partial charge in [0.05, 0.1) is 5.97 Å². The minimum Gasteiger partial charge on any atom is -0.548 e. The molecule has 1 heterocycles. The molecule has 0 radical (unpaired) electrons. The van der Waals surface area contributed by atoms with Gasteiger partial charge < -0.3 is 20.3 Å². The van der Waals surface area contributed by atoms with Crippen molar-refractivity contribution >= 4 is 5.97 Å². The summed E-state index contributed by atoms with van der Waals surface area (Å²) >= 11 is 0. The van der Waals surface area contributed by atoms with Gasteiger partial charge in [-0.1, -0.05) is 0 Å². The second-order valence-corrected chi connectivity index (χ2v) is 2.99. The van der Waals surface area contributed by atoms with Crippen LogP contribution in [0.2, 0.25) is 0 Å². The summed E-state index contributed by atoms with van der Waals surface area (Å²) in [6.45, 7) is -0.810. The van der Waals surface area contributed by atoms with E-state index < -0.39 is 36.8 Å². The first-order valence-corrected chi connectivity index (χ1v) is 3.50. The lowest BCUT2D eigenvalue weighted by Gasteiger charge is -2.24. The molecule has 1 aliphatic heterocycles. The maximum atomic E-state index is 12.1. The molecule has 0 amide bonds. The van der Waals surface area contributed by atoms with Crippen molar-refractivity contribution < 1.29 is 28.2 Å². The van der Waals surface area contributed by atoms with E-state index in [0.29, 0.717) is 0 Å². The quantitative estimate of drug-likeness (QED) is 0.531. The maximum absolute atomic E-state index is 12.1. The van der Waals surface area contributed by atoms with E-state index in [2.05, 4.69) is 0 Å². The number of rotatable bonds is 1. The minimum atomic E-state index is -4.82. The van der Waals surface area contributed by atoms with Crippen molar-refractivity contribution in [2.75, 3.05) is 6.54 Å². The van der Waals surface area contributed by atoms with Crippen molar-refractivity contribution in [1.29, 1.82) is 0 Å². The van der Waals surface area contributed by atoms with E-state index in [1.165, 1.54) is 0 Å². The highest BCUT2D eigenvalue weighted by atomic mass is 19.4. The number of aliphatic hydroxyl groups is 1. The lowest BCUT2D eigenvalue weighted by Crippen LogP contribution is -2.47. The number of alkyl halides is 3. The van der Waals surface area contributed by atoms with E-state index in [1.54, 1.807) is 0 Å². The van der Waals surface area contributed by atoms with Crippen LogP contribution in [0.5, 0.6) is 0 Å². The van der Waals surface area contributed by atoms with Crippen molar-refractivity contribution in [1.82, 2.24) is 5.32 Å². The Hall–Kier alpha value is -0.820. The number of carboxylic acid groups (broad SMARTS) is 1. The van der Waals surface area contributed by atoms with Gasteiger partial charge in [-0.3, -0.25) is 0 Å². The molecule has 76 valence electrons. The van der Waals surface area contributed by atoms with Crippen molar-refractivity contribution in [3.8, 4) is 0 Å². The van der Waals surface area contributed by atoms with Crippen LogP contribution in [0.15, 0.2) is 0 Å². The zero-order valence-electron chi connectivity index (χ0n) is 6.39. The van der Waals surface area contributed by atoms with Crippen LogP contribution in [0.1, 0.15) is 6.42 Å². The summed E-state index contributed by atoms with van der Waals surface area (Å²) in [7, 11) is 0. The Balaban J connectivity index is 2.72. The van der Waals surface area contributed by atoms with Crippen LogP contribution in [-0.2, 0) is 4.79 Å². The SMILES string of the molecule is O=C([O-])C1CC(O)(C(F)(F)F)CN1. The Morgan fingerprint density at radius 3 is 2.38 bits per heavy atom. The highest BCUT2D eigenvalue weighted by molar-refractivity contribution is 5.72. The molecule has 13 heavy (non-hydrogen) atoms. The summed E-state index contributed by atoms with van der Waals surface area (Å²) in [5, 5.41) is 21.2. The summed E-state index contributed by atoms with van der Waals surface area (Å²) in [6.07, 6.45) is -5.72. The fraction of sp³-hybridized carbons (Fsp3) is 0.833. The minimum absolute atomic E-state index is 0.810. The molecule has 0 aromatic heterocycles. The van der Waals surface area contributed by atoms with Gasteiger partial charge in [0.2, 0.25) is 0 Å². The van der Waals surface area contributed by atoms with Gasteiger partial charge in [-0.15, -0.1) is 0 Å². The Labute approximate surface area is 71.4 Å². The van der Waals surface area contributed by atoms with Crippen LogP contribution in [0, 0.1) is 0 Å². The molecule has 2 N–H and O–H groups in total. The van der Waals surface area contributed by atoms with Crippen LogP contribution in [0.4, 0.5) is 13.2 Å². The van der Waals surface area contributed by atoms with Crippen molar-refractivity contribution in [2.45, 2.75) is 24.2 Å². The standard InChI is InChI=1S/C6H8F3NO3/c7-6(8,9)5(13)1-3(4(11)12)10-2-5/h3,10,13H,1-2H2,(H,11,12)/p-1. The molecule has 0 aliphatic carbocycles. The van der Waals surface area contributed by atoms with Gasteiger partial charge in [0, 0.05) is 19.0 Å². The molecule has 0 bridgehead atoms. The average molecular weight is 198 g/mol. The first kappa shape index (κ1) is 10.3. The van der Waals surface area contributed by atoms with Gasteiger partial charge in [-0.25, -0.2) is 0 Å². The molecule has 2 unspecified atom stereocenters. The zero-order chi connectivity index (χ0) is 10.3. The van der Waals surface area contributed by atoms with Crippen LogP contribution in [0.25, 0.3) is 0 Å². The fourth-order valence-corrected chi connectivity index (χ4v) is 1.16. The van der Waals surface area contributed by atoms with E-state index >= 15 is 0 Å². The van der Waals surface area contributed by atoms with E-state index in [9.17, 15) is 23.1 Å².